The van der Waals surface area contributed by atoms with Crippen LogP contribution in [0.25, 0.3) is 0 Å². The Morgan fingerprint density at radius 2 is 2.18 bits per heavy atom. The molecule has 0 aromatic carbocycles. The predicted molar refractivity (Wildman–Crippen MR) is 79.7 cm³/mol. The van der Waals surface area contributed by atoms with Crippen molar-refractivity contribution in [2.24, 2.45) is 5.92 Å². The van der Waals surface area contributed by atoms with Crippen molar-refractivity contribution in [2.75, 3.05) is 34.4 Å². The second kappa shape index (κ2) is 7.22. The molecule has 1 aliphatic rings. The van der Waals surface area contributed by atoms with E-state index in [4.69, 9.17) is 9.47 Å². The number of methoxy groups -OCH3 is 2. The highest BCUT2D eigenvalue weighted by molar-refractivity contribution is 5.94. The first-order chi connectivity index (χ1) is 10.6. The number of carbonyl (C=O) groups is 2. The van der Waals surface area contributed by atoms with E-state index < -0.39 is 0 Å². The molecule has 1 aromatic heterocycles. The summed E-state index contributed by atoms with van der Waals surface area (Å²) in [5.74, 6) is 0.238. The number of aromatic nitrogens is 1. The van der Waals surface area contributed by atoms with Crippen LogP contribution in [0.3, 0.4) is 0 Å². The van der Waals surface area contributed by atoms with Crippen LogP contribution in [0.5, 0.6) is 5.88 Å². The average Bonchev–Trinajstić information content (AvgIpc) is 2.96. The molecule has 2 rings (SSSR count). The molecule has 1 N–H and O–H groups in total. The van der Waals surface area contributed by atoms with E-state index >= 15 is 0 Å². The summed E-state index contributed by atoms with van der Waals surface area (Å²) in [4.78, 5) is 29.8. The molecule has 7 heteroatoms. The van der Waals surface area contributed by atoms with Crippen LogP contribution in [0, 0.1) is 5.92 Å². The van der Waals surface area contributed by atoms with Crippen molar-refractivity contribution in [3.05, 3.63) is 23.9 Å². The standard InChI is InChI=1S/C15H21N3O4/c1-16-13(19)6-11-8-18(9-12(11)21-2)15(20)10-4-5-17-14(7-10)22-3/h4-5,7,11-12H,6,8-9H2,1-3H3,(H,16,19)/t11-,12+/m1/s1. The van der Waals surface area contributed by atoms with Crippen LogP contribution in [0.1, 0.15) is 16.8 Å². The highest BCUT2D eigenvalue weighted by Gasteiger charge is 2.36. The van der Waals surface area contributed by atoms with Gasteiger partial charge in [-0.2, -0.15) is 0 Å². The SMILES string of the molecule is CNC(=O)C[C@@H]1CN(C(=O)c2ccnc(OC)c2)C[C@@H]1OC. The zero-order valence-electron chi connectivity index (χ0n) is 13.0. The lowest BCUT2D eigenvalue weighted by atomic mass is 10.0. The van der Waals surface area contributed by atoms with Crippen LogP contribution in [-0.2, 0) is 9.53 Å². The normalized spacial score (nSPS) is 20.8. The first-order valence-electron chi connectivity index (χ1n) is 7.11. The number of rotatable bonds is 5. The lowest BCUT2D eigenvalue weighted by molar-refractivity contribution is -0.122. The van der Waals surface area contributed by atoms with Crippen LogP contribution in [0.4, 0.5) is 0 Å². The van der Waals surface area contributed by atoms with E-state index in [1.807, 2.05) is 0 Å². The van der Waals surface area contributed by atoms with Crippen LogP contribution >= 0.6 is 0 Å². The molecule has 1 fully saturated rings. The van der Waals surface area contributed by atoms with Gasteiger partial charge in [0.1, 0.15) is 0 Å². The van der Waals surface area contributed by atoms with Crippen molar-refractivity contribution >= 4 is 11.8 Å². The number of carbonyl (C=O) groups excluding carboxylic acids is 2. The number of amides is 2. The Hall–Kier alpha value is -2.15. The molecule has 2 heterocycles. The molecule has 2 amide bonds. The van der Waals surface area contributed by atoms with Crippen molar-refractivity contribution in [1.82, 2.24) is 15.2 Å². The van der Waals surface area contributed by atoms with E-state index in [-0.39, 0.29) is 23.8 Å². The molecule has 0 unspecified atom stereocenters. The summed E-state index contributed by atoms with van der Waals surface area (Å²) in [6, 6.07) is 3.26. The maximum atomic E-state index is 12.6. The zero-order valence-corrected chi connectivity index (χ0v) is 13.0. The minimum atomic E-state index is -0.134. The van der Waals surface area contributed by atoms with Crippen LogP contribution < -0.4 is 10.1 Å². The highest BCUT2D eigenvalue weighted by atomic mass is 16.5. The van der Waals surface area contributed by atoms with Crippen LogP contribution in [0.15, 0.2) is 18.3 Å². The van der Waals surface area contributed by atoms with E-state index in [1.54, 1.807) is 31.2 Å². The third-order valence-corrected chi connectivity index (χ3v) is 3.89. The summed E-state index contributed by atoms with van der Waals surface area (Å²) in [5.41, 5.74) is 0.516. The number of nitrogens with zero attached hydrogens (tertiary/aromatic N) is 2. The molecule has 120 valence electrons. The molecule has 22 heavy (non-hydrogen) atoms. The molecule has 1 aliphatic heterocycles. The Balaban J connectivity index is 2.09. The second-order valence-corrected chi connectivity index (χ2v) is 5.21. The van der Waals surface area contributed by atoms with Gasteiger partial charge in [0, 0.05) is 57.4 Å². The van der Waals surface area contributed by atoms with Gasteiger partial charge in [0.05, 0.1) is 13.2 Å². The van der Waals surface area contributed by atoms with Crippen LogP contribution in [0.2, 0.25) is 0 Å². The third-order valence-electron chi connectivity index (χ3n) is 3.89. The molecule has 1 saturated heterocycles. The monoisotopic (exact) mass is 307 g/mol. The van der Waals surface area contributed by atoms with Crippen LogP contribution in [-0.4, -0.2) is 62.2 Å². The lowest BCUT2D eigenvalue weighted by Gasteiger charge is -2.16. The Bertz CT molecular complexity index is 549. The van der Waals surface area contributed by atoms with E-state index in [0.717, 1.165) is 0 Å². The summed E-state index contributed by atoms with van der Waals surface area (Å²) >= 11 is 0. The van der Waals surface area contributed by atoms with Crippen molar-refractivity contribution in [1.29, 1.82) is 0 Å². The number of hydrogen-bond donors (Lipinski definition) is 1. The number of nitrogens with one attached hydrogen (secondary N) is 1. The quantitative estimate of drug-likeness (QED) is 0.847. The summed E-state index contributed by atoms with van der Waals surface area (Å²) < 4.78 is 10.5. The number of hydrogen-bond acceptors (Lipinski definition) is 5. The van der Waals surface area contributed by atoms with Gasteiger partial charge >= 0.3 is 0 Å². The van der Waals surface area contributed by atoms with Gasteiger partial charge in [0.2, 0.25) is 11.8 Å². The molecule has 0 radical (unpaired) electrons. The Morgan fingerprint density at radius 3 is 2.82 bits per heavy atom. The smallest absolute Gasteiger partial charge is 0.254 e. The van der Waals surface area contributed by atoms with Crippen molar-refractivity contribution in [2.45, 2.75) is 12.5 Å². The summed E-state index contributed by atoms with van der Waals surface area (Å²) in [6.07, 6.45) is 1.75. The van der Waals surface area contributed by atoms with E-state index in [9.17, 15) is 9.59 Å². The van der Waals surface area contributed by atoms with E-state index in [1.165, 1.54) is 13.3 Å². The Labute approximate surface area is 129 Å². The van der Waals surface area contributed by atoms with Gasteiger partial charge in [-0.05, 0) is 6.07 Å². The van der Waals surface area contributed by atoms with Crippen molar-refractivity contribution in [3.8, 4) is 5.88 Å². The van der Waals surface area contributed by atoms with Gasteiger partial charge in [-0.1, -0.05) is 0 Å². The van der Waals surface area contributed by atoms with Gasteiger partial charge < -0.3 is 19.7 Å². The third kappa shape index (κ3) is 3.54. The molecule has 7 nitrogen and oxygen atoms in total. The maximum Gasteiger partial charge on any atom is 0.254 e. The topological polar surface area (TPSA) is 80.8 Å². The minimum absolute atomic E-state index is 0.00219. The van der Waals surface area contributed by atoms with Gasteiger partial charge in [0.25, 0.3) is 5.91 Å². The first kappa shape index (κ1) is 16.2. The Kier molecular flexibility index (Phi) is 5.32. The molecular weight excluding hydrogens is 286 g/mol. The minimum Gasteiger partial charge on any atom is -0.481 e. The fraction of sp³-hybridized carbons (Fsp3) is 0.533. The molecule has 0 aliphatic carbocycles. The number of likely N-dealkylation sites (tertiary alicyclic amines) is 1. The number of ether oxygens (including phenoxy) is 2. The maximum absolute atomic E-state index is 12.6. The molecule has 0 bridgehead atoms. The summed E-state index contributed by atoms with van der Waals surface area (Å²) in [5, 5.41) is 2.60. The van der Waals surface area contributed by atoms with Gasteiger partial charge in [-0.15, -0.1) is 0 Å². The first-order valence-corrected chi connectivity index (χ1v) is 7.11. The zero-order chi connectivity index (χ0) is 16.1. The van der Waals surface area contributed by atoms with E-state index in [2.05, 4.69) is 10.3 Å². The predicted octanol–water partition coefficient (Wildman–Crippen LogP) is 0.313. The van der Waals surface area contributed by atoms with E-state index in [0.29, 0.717) is 31.0 Å². The molecule has 1 aromatic rings. The van der Waals surface area contributed by atoms with Gasteiger partial charge in [-0.3, -0.25) is 9.59 Å². The molecule has 0 spiro atoms. The van der Waals surface area contributed by atoms with Crippen molar-refractivity contribution < 1.29 is 19.1 Å². The largest absolute Gasteiger partial charge is 0.481 e. The van der Waals surface area contributed by atoms with Gasteiger partial charge in [0.15, 0.2) is 0 Å². The summed E-state index contributed by atoms with van der Waals surface area (Å²) in [6.45, 7) is 0.969. The van der Waals surface area contributed by atoms with Crippen molar-refractivity contribution in [3.63, 3.8) is 0 Å². The molecule has 2 atom stereocenters. The molecule has 0 saturated carbocycles. The number of pyridine rings is 1. The average molecular weight is 307 g/mol. The lowest BCUT2D eigenvalue weighted by Crippen LogP contribution is -2.30. The second-order valence-electron chi connectivity index (χ2n) is 5.21. The fourth-order valence-electron chi connectivity index (χ4n) is 2.65. The summed E-state index contributed by atoms with van der Waals surface area (Å²) in [7, 11) is 4.71. The Morgan fingerprint density at radius 1 is 1.41 bits per heavy atom. The highest BCUT2D eigenvalue weighted by Crippen LogP contribution is 2.24. The molecular formula is C15H21N3O4. The van der Waals surface area contributed by atoms with Gasteiger partial charge in [-0.25, -0.2) is 4.98 Å². The fourth-order valence-corrected chi connectivity index (χ4v) is 2.65.